The third kappa shape index (κ3) is 5.13. The normalized spacial score (nSPS) is 10.9. The van der Waals surface area contributed by atoms with Crippen molar-refractivity contribution in [2.24, 2.45) is 0 Å². The largest absolute Gasteiger partial charge is 0.497 e. The maximum Gasteiger partial charge on any atom is 0.264 e. The topological polar surface area (TPSA) is 84.9 Å². The summed E-state index contributed by atoms with van der Waals surface area (Å²) in [7, 11) is -1.27. The lowest BCUT2D eigenvalue weighted by Crippen LogP contribution is -2.38. The first-order valence-electron chi connectivity index (χ1n) is 9.20. The van der Waals surface area contributed by atoms with Gasteiger partial charge in [-0.25, -0.2) is 12.8 Å². The Balaban J connectivity index is 1.95. The molecule has 0 radical (unpaired) electrons. The van der Waals surface area contributed by atoms with Crippen molar-refractivity contribution in [1.82, 2.24) is 0 Å². The molecule has 0 saturated heterocycles. The van der Waals surface area contributed by atoms with E-state index in [1.807, 2.05) is 0 Å². The van der Waals surface area contributed by atoms with E-state index in [1.165, 1.54) is 20.3 Å². The summed E-state index contributed by atoms with van der Waals surface area (Å²) in [6, 6.07) is 17.4. The minimum Gasteiger partial charge on any atom is -0.497 e. The molecular formula is C22H21FN2O5S. The summed E-state index contributed by atoms with van der Waals surface area (Å²) in [4.78, 5) is 12.6. The number of methoxy groups -OCH3 is 2. The van der Waals surface area contributed by atoms with Crippen LogP contribution in [0.15, 0.2) is 77.7 Å². The van der Waals surface area contributed by atoms with E-state index in [1.54, 1.807) is 42.5 Å². The Morgan fingerprint density at radius 2 is 1.58 bits per heavy atom. The number of nitrogens with one attached hydrogen (secondary N) is 1. The fourth-order valence-electron chi connectivity index (χ4n) is 2.87. The maximum absolute atomic E-state index is 13.3. The highest BCUT2D eigenvalue weighted by atomic mass is 32.2. The predicted octanol–water partition coefficient (Wildman–Crippen LogP) is 3.68. The van der Waals surface area contributed by atoms with Gasteiger partial charge in [0.2, 0.25) is 5.91 Å². The molecule has 0 spiro atoms. The van der Waals surface area contributed by atoms with Gasteiger partial charge in [-0.2, -0.15) is 0 Å². The number of hydrogen-bond donors (Lipinski definition) is 1. The lowest BCUT2D eigenvalue weighted by molar-refractivity contribution is -0.114. The molecule has 1 amide bonds. The van der Waals surface area contributed by atoms with Gasteiger partial charge in [-0.15, -0.1) is 0 Å². The summed E-state index contributed by atoms with van der Waals surface area (Å²) < 4.78 is 51.3. The number of halogens is 1. The lowest BCUT2D eigenvalue weighted by Gasteiger charge is -2.25. The molecule has 0 bridgehead atoms. The molecule has 9 heteroatoms. The van der Waals surface area contributed by atoms with Crippen LogP contribution in [0.2, 0.25) is 0 Å². The van der Waals surface area contributed by atoms with E-state index in [9.17, 15) is 17.6 Å². The van der Waals surface area contributed by atoms with E-state index in [0.717, 1.165) is 28.6 Å². The molecule has 0 aromatic heterocycles. The summed E-state index contributed by atoms with van der Waals surface area (Å²) in [6.07, 6.45) is 0. The molecule has 0 fully saturated rings. The zero-order valence-electron chi connectivity index (χ0n) is 16.9. The van der Waals surface area contributed by atoms with Gasteiger partial charge in [0.1, 0.15) is 23.9 Å². The van der Waals surface area contributed by atoms with E-state index >= 15 is 0 Å². The van der Waals surface area contributed by atoms with Crippen LogP contribution in [0.5, 0.6) is 11.5 Å². The number of ether oxygens (including phenoxy) is 2. The average molecular weight is 444 g/mol. The molecular weight excluding hydrogens is 423 g/mol. The Hall–Kier alpha value is -3.59. The molecule has 0 heterocycles. The number of carbonyl (C=O) groups is 1. The predicted molar refractivity (Wildman–Crippen MR) is 116 cm³/mol. The third-order valence-corrected chi connectivity index (χ3v) is 6.19. The quantitative estimate of drug-likeness (QED) is 0.573. The Morgan fingerprint density at radius 3 is 2.19 bits per heavy atom. The molecule has 3 aromatic rings. The molecule has 162 valence electrons. The van der Waals surface area contributed by atoms with Crippen molar-refractivity contribution < 1.29 is 27.1 Å². The second-order valence-electron chi connectivity index (χ2n) is 6.41. The minimum atomic E-state index is -4.20. The highest BCUT2D eigenvalue weighted by Crippen LogP contribution is 2.32. The average Bonchev–Trinajstić information content (AvgIpc) is 2.78. The Morgan fingerprint density at radius 1 is 0.935 bits per heavy atom. The van der Waals surface area contributed by atoms with E-state index in [2.05, 4.69) is 5.32 Å². The molecule has 0 saturated carbocycles. The smallest absolute Gasteiger partial charge is 0.264 e. The molecule has 7 nitrogen and oxygen atoms in total. The molecule has 0 atom stereocenters. The molecule has 0 aliphatic heterocycles. The lowest BCUT2D eigenvalue weighted by atomic mass is 10.3. The minimum absolute atomic E-state index is 0.156. The van der Waals surface area contributed by atoms with Gasteiger partial charge in [-0.3, -0.25) is 9.10 Å². The molecule has 0 aliphatic carbocycles. The SMILES string of the molecule is COc1ccc(NC(=O)CN(c2ccccc2OC)S(=O)(=O)c2ccc(F)cc2)cc1. The second-order valence-corrected chi connectivity index (χ2v) is 8.28. The standard InChI is InChI=1S/C22H21FN2O5S/c1-29-18-11-9-17(10-12-18)24-22(26)15-25(20-5-3-4-6-21(20)30-2)31(27,28)19-13-7-16(23)8-14-19/h3-14H,15H2,1-2H3,(H,24,26). The van der Waals surface area contributed by atoms with Gasteiger partial charge in [-0.05, 0) is 60.7 Å². The van der Waals surface area contributed by atoms with Crippen LogP contribution in [0.1, 0.15) is 0 Å². The number of benzene rings is 3. The van der Waals surface area contributed by atoms with Crippen molar-refractivity contribution >= 4 is 27.3 Å². The van der Waals surface area contributed by atoms with E-state index in [4.69, 9.17) is 9.47 Å². The zero-order valence-corrected chi connectivity index (χ0v) is 17.7. The molecule has 1 N–H and O–H groups in total. The van der Waals surface area contributed by atoms with Crippen molar-refractivity contribution in [2.45, 2.75) is 4.90 Å². The van der Waals surface area contributed by atoms with Crippen LogP contribution < -0.4 is 19.1 Å². The Labute approximate surface area is 180 Å². The first-order chi connectivity index (χ1) is 14.8. The van der Waals surface area contributed by atoms with Gasteiger partial charge >= 0.3 is 0 Å². The number of rotatable bonds is 8. The number of para-hydroxylation sites is 2. The van der Waals surface area contributed by atoms with Crippen molar-refractivity contribution in [2.75, 3.05) is 30.4 Å². The molecule has 0 aliphatic rings. The van der Waals surface area contributed by atoms with Gasteiger partial charge in [0, 0.05) is 5.69 Å². The number of sulfonamides is 1. The molecule has 31 heavy (non-hydrogen) atoms. The number of amides is 1. The van der Waals surface area contributed by atoms with Crippen molar-refractivity contribution in [3.05, 3.63) is 78.6 Å². The van der Waals surface area contributed by atoms with Crippen LogP contribution in [0.3, 0.4) is 0 Å². The maximum atomic E-state index is 13.3. The van der Waals surface area contributed by atoms with Gasteiger partial charge in [-0.1, -0.05) is 12.1 Å². The highest BCUT2D eigenvalue weighted by molar-refractivity contribution is 7.92. The number of carbonyl (C=O) groups excluding carboxylic acids is 1. The van der Waals surface area contributed by atoms with Crippen molar-refractivity contribution in [3.8, 4) is 11.5 Å². The first kappa shape index (κ1) is 22.1. The van der Waals surface area contributed by atoms with Crippen LogP contribution in [-0.4, -0.2) is 35.1 Å². The van der Waals surface area contributed by atoms with E-state index < -0.39 is 28.3 Å². The van der Waals surface area contributed by atoms with E-state index in [-0.39, 0.29) is 16.3 Å². The van der Waals surface area contributed by atoms with Crippen LogP contribution in [0.4, 0.5) is 15.8 Å². The molecule has 3 rings (SSSR count). The molecule has 3 aromatic carbocycles. The fraction of sp³-hybridized carbons (Fsp3) is 0.136. The van der Waals surface area contributed by atoms with Crippen molar-refractivity contribution in [1.29, 1.82) is 0 Å². The van der Waals surface area contributed by atoms with Crippen LogP contribution in [0.25, 0.3) is 0 Å². The zero-order chi connectivity index (χ0) is 22.4. The van der Waals surface area contributed by atoms with Crippen LogP contribution >= 0.6 is 0 Å². The fourth-order valence-corrected chi connectivity index (χ4v) is 4.31. The summed E-state index contributed by atoms with van der Waals surface area (Å²) in [5.74, 6) is -0.250. The molecule has 0 unspecified atom stereocenters. The second kappa shape index (κ2) is 9.48. The summed E-state index contributed by atoms with van der Waals surface area (Å²) >= 11 is 0. The number of hydrogen-bond acceptors (Lipinski definition) is 5. The van der Waals surface area contributed by atoms with Crippen molar-refractivity contribution in [3.63, 3.8) is 0 Å². The highest BCUT2D eigenvalue weighted by Gasteiger charge is 2.29. The Kier molecular flexibility index (Phi) is 6.76. The summed E-state index contributed by atoms with van der Waals surface area (Å²) in [5.41, 5.74) is 0.657. The third-order valence-electron chi connectivity index (χ3n) is 4.42. The van der Waals surface area contributed by atoms with Gasteiger partial charge in [0.05, 0.1) is 24.8 Å². The van der Waals surface area contributed by atoms with Crippen LogP contribution in [0, 0.1) is 5.82 Å². The number of nitrogens with zero attached hydrogens (tertiary/aromatic N) is 1. The summed E-state index contributed by atoms with van der Waals surface area (Å²) in [6.45, 7) is -0.522. The van der Waals surface area contributed by atoms with Gasteiger partial charge < -0.3 is 14.8 Å². The Bertz CT molecular complexity index is 1150. The van der Waals surface area contributed by atoms with Crippen LogP contribution in [-0.2, 0) is 14.8 Å². The van der Waals surface area contributed by atoms with E-state index in [0.29, 0.717) is 11.4 Å². The van der Waals surface area contributed by atoms with Gasteiger partial charge in [0.25, 0.3) is 10.0 Å². The number of anilines is 2. The van der Waals surface area contributed by atoms with Gasteiger partial charge in [0.15, 0.2) is 0 Å². The monoisotopic (exact) mass is 444 g/mol. The first-order valence-corrected chi connectivity index (χ1v) is 10.6. The summed E-state index contributed by atoms with van der Waals surface area (Å²) in [5, 5.41) is 2.66.